The number of carbonyl (C=O) groups excluding carboxylic acids is 2. The summed E-state index contributed by atoms with van der Waals surface area (Å²) in [6.07, 6.45) is 0.223. The fraction of sp³-hybridized carbons (Fsp3) is 0.333. The second kappa shape index (κ2) is 9.04. The third-order valence-electron chi connectivity index (χ3n) is 4.08. The van der Waals surface area contributed by atoms with Crippen LogP contribution in [-0.2, 0) is 9.59 Å². The van der Waals surface area contributed by atoms with Gasteiger partial charge in [0.15, 0.2) is 0 Å². The van der Waals surface area contributed by atoms with Crippen molar-refractivity contribution in [2.45, 2.75) is 27.2 Å². The molecule has 0 aliphatic carbocycles. The molecule has 0 atom stereocenters. The van der Waals surface area contributed by atoms with Crippen molar-refractivity contribution in [1.82, 2.24) is 4.90 Å². The van der Waals surface area contributed by atoms with Gasteiger partial charge in [-0.05, 0) is 50.1 Å². The van der Waals surface area contributed by atoms with Crippen molar-refractivity contribution in [2.24, 2.45) is 0 Å². The van der Waals surface area contributed by atoms with Crippen molar-refractivity contribution in [3.8, 4) is 5.75 Å². The van der Waals surface area contributed by atoms with Gasteiger partial charge in [-0.1, -0.05) is 29.8 Å². The van der Waals surface area contributed by atoms with E-state index in [4.69, 9.17) is 4.74 Å². The van der Waals surface area contributed by atoms with E-state index in [0.717, 1.165) is 28.1 Å². The van der Waals surface area contributed by atoms with E-state index < -0.39 is 0 Å². The van der Waals surface area contributed by atoms with Gasteiger partial charge in [0.25, 0.3) is 0 Å². The summed E-state index contributed by atoms with van der Waals surface area (Å²) in [7, 11) is 1.62. The molecule has 26 heavy (non-hydrogen) atoms. The van der Waals surface area contributed by atoms with Crippen molar-refractivity contribution >= 4 is 17.5 Å². The zero-order valence-corrected chi connectivity index (χ0v) is 15.8. The zero-order chi connectivity index (χ0) is 19.1. The summed E-state index contributed by atoms with van der Waals surface area (Å²) in [5.41, 5.74) is 3.99. The van der Waals surface area contributed by atoms with Crippen molar-refractivity contribution in [3.05, 3.63) is 59.2 Å². The lowest BCUT2D eigenvalue weighted by Gasteiger charge is -2.18. The van der Waals surface area contributed by atoms with Crippen LogP contribution in [0.15, 0.2) is 42.5 Å². The lowest BCUT2D eigenvalue weighted by molar-refractivity contribution is -0.133. The Bertz CT molecular complexity index is 769. The third kappa shape index (κ3) is 5.92. The van der Waals surface area contributed by atoms with Crippen LogP contribution in [0.2, 0.25) is 0 Å². The number of amides is 2. The quantitative estimate of drug-likeness (QED) is 0.828. The van der Waals surface area contributed by atoms with Crippen LogP contribution < -0.4 is 10.1 Å². The van der Waals surface area contributed by atoms with Gasteiger partial charge >= 0.3 is 0 Å². The summed E-state index contributed by atoms with van der Waals surface area (Å²) in [6.45, 7) is 6.21. The maximum Gasteiger partial charge on any atom is 0.243 e. The largest absolute Gasteiger partial charge is 0.493 e. The van der Waals surface area contributed by atoms with Crippen LogP contribution in [0.5, 0.6) is 5.75 Å². The molecule has 0 heterocycles. The fourth-order valence-corrected chi connectivity index (χ4v) is 2.45. The highest BCUT2D eigenvalue weighted by molar-refractivity contribution is 5.95. The van der Waals surface area contributed by atoms with Gasteiger partial charge in [0.05, 0.1) is 19.6 Å². The maximum absolute atomic E-state index is 12.2. The summed E-state index contributed by atoms with van der Waals surface area (Å²) < 4.78 is 5.56. The molecule has 2 rings (SSSR count). The monoisotopic (exact) mass is 354 g/mol. The Balaban J connectivity index is 1.77. The standard InChI is InChI=1S/C21H26N2O3/c1-15-6-9-18(10-7-15)26-12-11-21(25)23(4)14-20(24)22-19-13-16(2)5-8-17(19)3/h5-10,13H,11-12,14H2,1-4H3,(H,22,24). The molecule has 0 unspecified atom stereocenters. The molecule has 0 bridgehead atoms. The highest BCUT2D eigenvalue weighted by Crippen LogP contribution is 2.16. The molecule has 5 nitrogen and oxygen atoms in total. The number of anilines is 1. The molecule has 2 aromatic carbocycles. The van der Waals surface area contributed by atoms with Crippen LogP contribution in [0.4, 0.5) is 5.69 Å². The second-order valence-electron chi connectivity index (χ2n) is 6.53. The normalized spacial score (nSPS) is 10.3. The maximum atomic E-state index is 12.2. The van der Waals surface area contributed by atoms with Gasteiger partial charge in [0, 0.05) is 12.7 Å². The van der Waals surface area contributed by atoms with E-state index in [1.54, 1.807) is 7.05 Å². The lowest BCUT2D eigenvalue weighted by Crippen LogP contribution is -2.35. The van der Waals surface area contributed by atoms with Gasteiger partial charge in [-0.3, -0.25) is 9.59 Å². The topological polar surface area (TPSA) is 58.6 Å². The number of benzene rings is 2. The van der Waals surface area contributed by atoms with Gasteiger partial charge in [0.1, 0.15) is 5.75 Å². The molecule has 0 saturated heterocycles. The number of nitrogens with one attached hydrogen (secondary N) is 1. The van der Waals surface area contributed by atoms with Gasteiger partial charge in [-0.15, -0.1) is 0 Å². The van der Waals surface area contributed by atoms with Crippen LogP contribution >= 0.6 is 0 Å². The minimum atomic E-state index is -0.214. The van der Waals surface area contributed by atoms with Gasteiger partial charge in [0.2, 0.25) is 11.8 Å². The molecule has 0 aromatic heterocycles. The first-order chi connectivity index (χ1) is 12.3. The van der Waals surface area contributed by atoms with E-state index >= 15 is 0 Å². The van der Waals surface area contributed by atoms with Crippen molar-refractivity contribution in [2.75, 3.05) is 25.5 Å². The first-order valence-electron chi connectivity index (χ1n) is 8.65. The molecular weight excluding hydrogens is 328 g/mol. The Hall–Kier alpha value is -2.82. The molecule has 0 fully saturated rings. The van der Waals surface area contributed by atoms with E-state index in [-0.39, 0.29) is 31.4 Å². The highest BCUT2D eigenvalue weighted by atomic mass is 16.5. The summed E-state index contributed by atoms with van der Waals surface area (Å²) in [6, 6.07) is 13.5. The number of aryl methyl sites for hydroxylation is 3. The molecule has 2 aromatic rings. The summed E-state index contributed by atoms with van der Waals surface area (Å²) in [5, 5.41) is 2.86. The minimum absolute atomic E-state index is 0.0107. The minimum Gasteiger partial charge on any atom is -0.493 e. The van der Waals surface area contributed by atoms with E-state index in [0.29, 0.717) is 0 Å². The number of hydrogen-bond donors (Lipinski definition) is 1. The van der Waals surface area contributed by atoms with Gasteiger partial charge in [-0.25, -0.2) is 0 Å². The molecule has 0 aliphatic rings. The number of likely N-dealkylation sites (N-methyl/N-ethyl adjacent to an activating group) is 1. The van der Waals surface area contributed by atoms with E-state index in [2.05, 4.69) is 5.32 Å². The zero-order valence-electron chi connectivity index (χ0n) is 15.8. The lowest BCUT2D eigenvalue weighted by atomic mass is 10.1. The van der Waals surface area contributed by atoms with Gasteiger partial charge < -0.3 is 15.0 Å². The second-order valence-corrected chi connectivity index (χ2v) is 6.53. The predicted molar refractivity (Wildman–Crippen MR) is 103 cm³/mol. The molecule has 2 amide bonds. The first kappa shape index (κ1) is 19.5. The number of nitrogens with zero attached hydrogens (tertiary/aromatic N) is 1. The van der Waals surface area contributed by atoms with Crippen LogP contribution in [0, 0.1) is 20.8 Å². The van der Waals surface area contributed by atoms with Gasteiger partial charge in [-0.2, -0.15) is 0 Å². The SMILES string of the molecule is Cc1ccc(OCCC(=O)N(C)CC(=O)Nc2cc(C)ccc2C)cc1. The Morgan fingerprint density at radius 1 is 1.00 bits per heavy atom. The van der Waals surface area contributed by atoms with Crippen molar-refractivity contribution in [3.63, 3.8) is 0 Å². The van der Waals surface area contributed by atoms with E-state index in [1.807, 2.05) is 63.2 Å². The molecule has 138 valence electrons. The Morgan fingerprint density at radius 2 is 1.65 bits per heavy atom. The van der Waals surface area contributed by atoms with Crippen LogP contribution in [0.1, 0.15) is 23.1 Å². The molecule has 0 saturated carbocycles. The number of carbonyl (C=O) groups is 2. The van der Waals surface area contributed by atoms with E-state index in [9.17, 15) is 9.59 Å². The van der Waals surface area contributed by atoms with Crippen molar-refractivity contribution in [1.29, 1.82) is 0 Å². The Labute approximate surface area is 155 Å². The molecule has 0 spiro atoms. The summed E-state index contributed by atoms with van der Waals surface area (Å²) >= 11 is 0. The molecule has 0 radical (unpaired) electrons. The Kier molecular flexibility index (Phi) is 6.78. The van der Waals surface area contributed by atoms with Crippen LogP contribution in [0.25, 0.3) is 0 Å². The summed E-state index contributed by atoms with van der Waals surface area (Å²) in [5.74, 6) is 0.390. The summed E-state index contributed by atoms with van der Waals surface area (Å²) in [4.78, 5) is 25.8. The van der Waals surface area contributed by atoms with E-state index in [1.165, 1.54) is 4.90 Å². The number of rotatable bonds is 7. The first-order valence-corrected chi connectivity index (χ1v) is 8.65. The highest BCUT2D eigenvalue weighted by Gasteiger charge is 2.14. The average molecular weight is 354 g/mol. The molecular formula is C21H26N2O3. The molecule has 1 N–H and O–H groups in total. The van der Waals surface area contributed by atoms with Crippen LogP contribution in [-0.4, -0.2) is 36.9 Å². The smallest absolute Gasteiger partial charge is 0.243 e. The van der Waals surface area contributed by atoms with Crippen molar-refractivity contribution < 1.29 is 14.3 Å². The molecule has 5 heteroatoms. The third-order valence-corrected chi connectivity index (χ3v) is 4.08. The molecule has 0 aliphatic heterocycles. The predicted octanol–water partition coefficient (Wildman–Crippen LogP) is 3.48. The average Bonchev–Trinajstić information content (AvgIpc) is 2.59. The van der Waals surface area contributed by atoms with Crippen LogP contribution in [0.3, 0.4) is 0 Å². The number of ether oxygens (including phenoxy) is 1. The Morgan fingerprint density at radius 3 is 2.35 bits per heavy atom. The fourth-order valence-electron chi connectivity index (χ4n) is 2.45. The number of hydrogen-bond acceptors (Lipinski definition) is 3.